The molecule has 0 fully saturated rings. The molecule has 0 amide bonds. The van der Waals surface area contributed by atoms with Gasteiger partial charge in [-0.25, -0.2) is 15.0 Å². The number of rotatable bonds is 3. The second kappa shape index (κ2) is 5.56. The molecule has 0 aliphatic rings. The Morgan fingerprint density at radius 2 is 2.00 bits per heavy atom. The molecule has 20 heavy (non-hydrogen) atoms. The van der Waals surface area contributed by atoms with Gasteiger partial charge >= 0.3 is 0 Å². The number of aromatic nitrogens is 5. The number of pyridine rings is 1. The van der Waals surface area contributed by atoms with Crippen molar-refractivity contribution in [1.82, 2.24) is 25.1 Å². The van der Waals surface area contributed by atoms with Gasteiger partial charge in [-0.3, -0.25) is 5.10 Å². The first kappa shape index (κ1) is 13.0. The Kier molecular flexibility index (Phi) is 3.62. The minimum atomic E-state index is 0.402. The topological polar surface area (TPSA) is 79.4 Å². The van der Waals surface area contributed by atoms with E-state index in [0.29, 0.717) is 22.5 Å². The van der Waals surface area contributed by atoms with Crippen molar-refractivity contribution in [3.05, 3.63) is 46.4 Å². The average Bonchev–Trinajstić information content (AvgIpc) is 2.85. The maximum atomic E-state index is 5.91. The molecule has 0 bridgehead atoms. The molecule has 3 aromatic heterocycles. The third kappa shape index (κ3) is 2.78. The lowest BCUT2D eigenvalue weighted by molar-refractivity contribution is 1.09. The van der Waals surface area contributed by atoms with Gasteiger partial charge in [-0.15, -0.1) is 0 Å². The molecule has 8 heteroatoms. The van der Waals surface area contributed by atoms with Crippen LogP contribution in [0.2, 0.25) is 5.15 Å². The predicted molar refractivity (Wildman–Crippen MR) is 79.8 cm³/mol. The van der Waals surface area contributed by atoms with E-state index in [2.05, 4.69) is 46.4 Å². The third-order valence-electron chi connectivity index (χ3n) is 2.47. The monoisotopic (exact) mass is 350 g/mol. The van der Waals surface area contributed by atoms with Crippen molar-refractivity contribution in [2.75, 3.05) is 5.32 Å². The van der Waals surface area contributed by atoms with Crippen LogP contribution in [0.4, 0.5) is 11.6 Å². The highest BCUT2D eigenvalue weighted by Crippen LogP contribution is 2.22. The number of H-pyrrole nitrogens is 1. The first-order valence-corrected chi connectivity index (χ1v) is 6.81. The van der Waals surface area contributed by atoms with Crippen molar-refractivity contribution in [3.8, 4) is 11.4 Å². The highest BCUT2D eigenvalue weighted by Gasteiger charge is 2.07. The fourth-order valence-electron chi connectivity index (χ4n) is 1.59. The summed E-state index contributed by atoms with van der Waals surface area (Å²) in [6.45, 7) is 0. The number of halogens is 2. The summed E-state index contributed by atoms with van der Waals surface area (Å²) in [6.07, 6.45) is 3.22. The van der Waals surface area contributed by atoms with E-state index in [-0.39, 0.29) is 0 Å². The van der Waals surface area contributed by atoms with Gasteiger partial charge in [0.05, 0.1) is 23.3 Å². The zero-order chi connectivity index (χ0) is 13.9. The van der Waals surface area contributed by atoms with Crippen molar-refractivity contribution < 1.29 is 0 Å². The second-order valence-corrected chi connectivity index (χ2v) is 5.02. The van der Waals surface area contributed by atoms with Crippen LogP contribution in [0, 0.1) is 0 Å². The summed E-state index contributed by atoms with van der Waals surface area (Å²) in [5.41, 5.74) is 2.08. The van der Waals surface area contributed by atoms with Gasteiger partial charge in [0.25, 0.3) is 0 Å². The Morgan fingerprint density at radius 3 is 2.75 bits per heavy atom. The molecule has 0 unspecified atom stereocenters. The van der Waals surface area contributed by atoms with Gasteiger partial charge in [-0.2, -0.15) is 5.10 Å². The largest absolute Gasteiger partial charge is 0.320 e. The Balaban J connectivity index is 1.92. The van der Waals surface area contributed by atoms with Crippen molar-refractivity contribution in [1.29, 1.82) is 0 Å². The lowest BCUT2D eigenvalue weighted by Gasteiger charge is -2.05. The number of anilines is 2. The van der Waals surface area contributed by atoms with Crippen molar-refractivity contribution in [2.24, 2.45) is 0 Å². The van der Waals surface area contributed by atoms with E-state index in [0.717, 1.165) is 10.3 Å². The second-order valence-electron chi connectivity index (χ2n) is 3.83. The van der Waals surface area contributed by atoms with Gasteiger partial charge in [0.1, 0.15) is 9.76 Å². The van der Waals surface area contributed by atoms with Crippen LogP contribution in [0.1, 0.15) is 0 Å². The van der Waals surface area contributed by atoms with Crippen LogP contribution in [0.15, 0.2) is 41.3 Å². The molecule has 6 nitrogen and oxygen atoms in total. The van der Waals surface area contributed by atoms with Gasteiger partial charge in [-0.05, 0) is 34.1 Å². The maximum Gasteiger partial charge on any atom is 0.227 e. The molecular formula is C12H8BrClN6. The molecule has 0 aliphatic carbocycles. The maximum absolute atomic E-state index is 5.91. The number of aromatic amines is 1. The highest BCUT2D eigenvalue weighted by molar-refractivity contribution is 9.10. The Morgan fingerprint density at radius 1 is 1.15 bits per heavy atom. The van der Waals surface area contributed by atoms with E-state index in [1.54, 1.807) is 18.5 Å². The zero-order valence-electron chi connectivity index (χ0n) is 10.0. The fraction of sp³-hybridized carbons (Fsp3) is 0. The van der Waals surface area contributed by atoms with Gasteiger partial charge < -0.3 is 5.32 Å². The molecule has 0 saturated carbocycles. The Labute approximate surface area is 127 Å². The van der Waals surface area contributed by atoms with E-state index >= 15 is 0 Å². The van der Waals surface area contributed by atoms with Crippen LogP contribution in [0.3, 0.4) is 0 Å². The first-order valence-electron chi connectivity index (χ1n) is 5.64. The number of hydrogen-bond acceptors (Lipinski definition) is 5. The summed E-state index contributed by atoms with van der Waals surface area (Å²) in [5, 5.41) is 9.83. The summed E-state index contributed by atoms with van der Waals surface area (Å²) in [7, 11) is 0. The van der Waals surface area contributed by atoms with Gasteiger partial charge in [0.2, 0.25) is 5.95 Å². The van der Waals surface area contributed by atoms with Gasteiger partial charge in [0.15, 0.2) is 0 Å². The molecule has 3 aromatic rings. The molecule has 0 aromatic carbocycles. The molecule has 0 aliphatic heterocycles. The molecule has 100 valence electrons. The SMILES string of the molecule is Clc1[nH]ncc1Nc1nccc(-c2cccc(Br)n2)n1. The average molecular weight is 352 g/mol. The van der Waals surface area contributed by atoms with Crippen LogP contribution in [-0.2, 0) is 0 Å². The van der Waals surface area contributed by atoms with Crippen LogP contribution >= 0.6 is 27.5 Å². The standard InChI is InChI=1S/C12H8BrClN6/c13-10-3-1-2-7(17-10)8-4-5-15-12(18-8)19-9-6-16-20-11(9)14/h1-6H,(H,16,20)(H,15,18,19). The lowest BCUT2D eigenvalue weighted by Crippen LogP contribution is -1.98. The molecule has 0 radical (unpaired) electrons. The summed E-state index contributed by atoms with van der Waals surface area (Å²) in [5.74, 6) is 0.424. The van der Waals surface area contributed by atoms with Crippen LogP contribution < -0.4 is 5.32 Å². The minimum absolute atomic E-state index is 0.402. The van der Waals surface area contributed by atoms with E-state index in [1.807, 2.05) is 18.2 Å². The summed E-state index contributed by atoms with van der Waals surface area (Å²) >= 11 is 9.25. The molecule has 0 spiro atoms. The van der Waals surface area contributed by atoms with Crippen LogP contribution in [0.5, 0.6) is 0 Å². The molecular weight excluding hydrogens is 344 g/mol. The predicted octanol–water partition coefficient (Wildman–Crippen LogP) is 3.42. The Bertz CT molecular complexity index is 744. The van der Waals surface area contributed by atoms with Crippen molar-refractivity contribution in [2.45, 2.75) is 0 Å². The summed E-state index contributed by atoms with van der Waals surface area (Å²) in [6, 6.07) is 7.42. The number of nitrogens with one attached hydrogen (secondary N) is 2. The lowest BCUT2D eigenvalue weighted by atomic mass is 10.2. The van der Waals surface area contributed by atoms with Gasteiger partial charge in [0, 0.05) is 6.20 Å². The minimum Gasteiger partial charge on any atom is -0.320 e. The number of nitrogens with zero attached hydrogens (tertiary/aromatic N) is 4. The van der Waals surface area contributed by atoms with E-state index in [1.165, 1.54) is 0 Å². The summed E-state index contributed by atoms with van der Waals surface area (Å²) < 4.78 is 0.751. The molecule has 2 N–H and O–H groups in total. The van der Waals surface area contributed by atoms with Crippen molar-refractivity contribution >= 4 is 39.2 Å². The quantitative estimate of drug-likeness (QED) is 0.707. The zero-order valence-corrected chi connectivity index (χ0v) is 12.4. The fourth-order valence-corrected chi connectivity index (χ4v) is 2.08. The first-order chi connectivity index (χ1) is 9.72. The third-order valence-corrected chi connectivity index (χ3v) is 3.20. The van der Waals surface area contributed by atoms with E-state index in [9.17, 15) is 0 Å². The van der Waals surface area contributed by atoms with E-state index < -0.39 is 0 Å². The highest BCUT2D eigenvalue weighted by atomic mass is 79.9. The van der Waals surface area contributed by atoms with Crippen LogP contribution in [0.25, 0.3) is 11.4 Å². The molecule has 0 atom stereocenters. The van der Waals surface area contributed by atoms with Crippen molar-refractivity contribution in [3.63, 3.8) is 0 Å². The molecule has 3 rings (SSSR count). The van der Waals surface area contributed by atoms with E-state index in [4.69, 9.17) is 11.6 Å². The van der Waals surface area contributed by atoms with Gasteiger partial charge in [-0.1, -0.05) is 17.7 Å². The Hall–Kier alpha value is -1.99. The smallest absolute Gasteiger partial charge is 0.227 e. The molecule has 0 saturated heterocycles. The normalized spacial score (nSPS) is 10.5. The summed E-state index contributed by atoms with van der Waals surface area (Å²) in [4.78, 5) is 12.9. The number of hydrogen-bond donors (Lipinski definition) is 2. The van der Waals surface area contributed by atoms with Crippen LogP contribution in [-0.4, -0.2) is 25.1 Å². The molecule has 3 heterocycles.